The summed E-state index contributed by atoms with van der Waals surface area (Å²) in [7, 11) is 3.63. The predicted molar refractivity (Wildman–Crippen MR) is 83.5 cm³/mol. The van der Waals surface area contributed by atoms with Crippen LogP contribution in [0.3, 0.4) is 0 Å². The number of anilines is 2. The van der Waals surface area contributed by atoms with Gasteiger partial charge in [-0.1, -0.05) is 18.2 Å². The fourth-order valence-electron chi connectivity index (χ4n) is 2.32. The highest BCUT2D eigenvalue weighted by Gasteiger charge is 2.13. The Balaban J connectivity index is 1.89. The molecule has 0 fully saturated rings. The molecule has 2 aromatic carbocycles. The number of nitrogen functional groups attached to an aromatic ring is 1. The van der Waals surface area contributed by atoms with Gasteiger partial charge in [0, 0.05) is 7.05 Å². The first-order valence-electron chi connectivity index (χ1n) is 6.67. The first kappa shape index (κ1) is 13.3. The molecule has 3 aromatic rings. The summed E-state index contributed by atoms with van der Waals surface area (Å²) in [5.74, 6) is 1.44. The summed E-state index contributed by atoms with van der Waals surface area (Å²) in [6.45, 7) is 0.536. The quantitative estimate of drug-likeness (QED) is 0.745. The van der Waals surface area contributed by atoms with Crippen LogP contribution in [-0.4, -0.2) is 19.1 Å². The van der Waals surface area contributed by atoms with E-state index in [1.54, 1.807) is 7.11 Å². The zero-order valence-electron chi connectivity index (χ0n) is 12.0. The van der Waals surface area contributed by atoms with Crippen molar-refractivity contribution in [1.82, 2.24) is 4.98 Å². The van der Waals surface area contributed by atoms with Crippen LogP contribution in [0.15, 0.2) is 46.9 Å². The van der Waals surface area contributed by atoms with Gasteiger partial charge in [-0.15, -0.1) is 0 Å². The number of hydrogen-bond donors (Lipinski definition) is 1. The van der Waals surface area contributed by atoms with E-state index in [0.29, 0.717) is 29.2 Å². The predicted octanol–water partition coefficient (Wildman–Crippen LogP) is 3.06. The fraction of sp³-hybridized carbons (Fsp3) is 0.188. The average molecular weight is 283 g/mol. The monoisotopic (exact) mass is 283 g/mol. The molecule has 1 aromatic heterocycles. The van der Waals surface area contributed by atoms with Gasteiger partial charge in [0.25, 0.3) is 0 Å². The molecular weight excluding hydrogens is 266 g/mol. The van der Waals surface area contributed by atoms with Crippen LogP contribution in [0.25, 0.3) is 11.1 Å². The summed E-state index contributed by atoms with van der Waals surface area (Å²) in [5.41, 5.74) is 8.93. The molecule has 1 heterocycles. The van der Waals surface area contributed by atoms with Crippen molar-refractivity contribution in [2.24, 2.45) is 0 Å². The van der Waals surface area contributed by atoms with E-state index >= 15 is 0 Å². The summed E-state index contributed by atoms with van der Waals surface area (Å²) in [6, 6.07) is 13.4. The highest BCUT2D eigenvalue weighted by atomic mass is 16.5. The number of rotatable bonds is 4. The van der Waals surface area contributed by atoms with Gasteiger partial charge in [0.1, 0.15) is 11.3 Å². The number of aromatic nitrogens is 1. The maximum Gasteiger partial charge on any atom is 0.215 e. The number of oxazole rings is 1. The summed E-state index contributed by atoms with van der Waals surface area (Å²) in [4.78, 5) is 6.49. The Hall–Kier alpha value is -2.69. The van der Waals surface area contributed by atoms with Crippen LogP contribution in [0.4, 0.5) is 11.4 Å². The number of benzene rings is 2. The number of nitrogens with zero attached hydrogens (tertiary/aromatic N) is 2. The fourth-order valence-corrected chi connectivity index (χ4v) is 2.32. The van der Waals surface area contributed by atoms with E-state index in [-0.39, 0.29) is 0 Å². The lowest BCUT2D eigenvalue weighted by molar-refractivity contribution is 0.414. The van der Waals surface area contributed by atoms with Crippen molar-refractivity contribution in [2.45, 2.75) is 6.54 Å². The second-order valence-electron chi connectivity index (χ2n) is 4.83. The second-order valence-corrected chi connectivity index (χ2v) is 4.83. The molecule has 108 valence electrons. The third-order valence-electron chi connectivity index (χ3n) is 3.36. The molecule has 2 N–H and O–H groups in total. The Morgan fingerprint density at radius 3 is 2.76 bits per heavy atom. The number of methoxy groups -OCH3 is 1. The average Bonchev–Trinajstić information content (AvgIpc) is 2.91. The van der Waals surface area contributed by atoms with Crippen LogP contribution in [0.1, 0.15) is 5.89 Å². The minimum atomic E-state index is 0.536. The molecule has 21 heavy (non-hydrogen) atoms. The molecule has 0 aliphatic rings. The summed E-state index contributed by atoms with van der Waals surface area (Å²) >= 11 is 0. The Kier molecular flexibility index (Phi) is 3.39. The lowest BCUT2D eigenvalue weighted by Crippen LogP contribution is -2.17. The standard InChI is InChI=1S/C16H17N3O2/c1-19(12-7-3-4-8-13(12)20-2)10-15-18-16-11(17)6-5-9-14(16)21-15/h3-9H,10,17H2,1-2H3. The van der Waals surface area contributed by atoms with Crippen molar-refractivity contribution in [3.63, 3.8) is 0 Å². The van der Waals surface area contributed by atoms with Crippen LogP contribution in [0.2, 0.25) is 0 Å². The maximum absolute atomic E-state index is 5.90. The summed E-state index contributed by atoms with van der Waals surface area (Å²) in [5, 5.41) is 0. The van der Waals surface area contributed by atoms with Gasteiger partial charge in [-0.2, -0.15) is 0 Å². The molecule has 0 unspecified atom stereocenters. The number of para-hydroxylation sites is 3. The van der Waals surface area contributed by atoms with Gasteiger partial charge >= 0.3 is 0 Å². The van der Waals surface area contributed by atoms with E-state index < -0.39 is 0 Å². The molecule has 0 saturated heterocycles. The number of hydrogen-bond acceptors (Lipinski definition) is 5. The van der Waals surface area contributed by atoms with Gasteiger partial charge in [0.15, 0.2) is 5.58 Å². The van der Waals surface area contributed by atoms with E-state index in [1.165, 1.54) is 0 Å². The van der Waals surface area contributed by atoms with Crippen molar-refractivity contribution in [3.05, 3.63) is 48.4 Å². The molecule has 5 heteroatoms. The first-order valence-corrected chi connectivity index (χ1v) is 6.67. The zero-order valence-corrected chi connectivity index (χ0v) is 12.0. The Bertz CT molecular complexity index is 767. The molecule has 3 rings (SSSR count). The number of ether oxygens (including phenoxy) is 1. The third kappa shape index (κ3) is 2.50. The van der Waals surface area contributed by atoms with Crippen molar-refractivity contribution in [1.29, 1.82) is 0 Å². The molecule has 0 aliphatic carbocycles. The van der Waals surface area contributed by atoms with Gasteiger partial charge in [-0.3, -0.25) is 0 Å². The Morgan fingerprint density at radius 1 is 1.19 bits per heavy atom. The molecule has 5 nitrogen and oxygen atoms in total. The number of fused-ring (bicyclic) bond motifs is 1. The van der Waals surface area contributed by atoms with Crippen LogP contribution in [-0.2, 0) is 6.54 Å². The molecule has 0 bridgehead atoms. The lowest BCUT2D eigenvalue weighted by atomic mass is 10.2. The first-order chi connectivity index (χ1) is 10.2. The van der Waals surface area contributed by atoms with E-state index in [0.717, 1.165) is 11.4 Å². The molecule has 0 amide bonds. The second kappa shape index (κ2) is 5.36. The lowest BCUT2D eigenvalue weighted by Gasteiger charge is -2.19. The van der Waals surface area contributed by atoms with Crippen molar-refractivity contribution in [2.75, 3.05) is 24.8 Å². The van der Waals surface area contributed by atoms with Crippen LogP contribution >= 0.6 is 0 Å². The van der Waals surface area contributed by atoms with Crippen molar-refractivity contribution < 1.29 is 9.15 Å². The SMILES string of the molecule is COc1ccccc1N(C)Cc1nc2c(N)cccc2o1. The van der Waals surface area contributed by atoms with E-state index in [4.69, 9.17) is 14.9 Å². The minimum Gasteiger partial charge on any atom is -0.495 e. The largest absolute Gasteiger partial charge is 0.495 e. The van der Waals surface area contributed by atoms with Crippen LogP contribution < -0.4 is 15.4 Å². The molecule has 0 atom stereocenters. The van der Waals surface area contributed by atoms with Gasteiger partial charge in [0.2, 0.25) is 5.89 Å². The third-order valence-corrected chi connectivity index (χ3v) is 3.36. The molecule has 0 aliphatic heterocycles. The zero-order chi connectivity index (χ0) is 14.8. The molecule has 0 saturated carbocycles. The summed E-state index contributed by atoms with van der Waals surface area (Å²) in [6.07, 6.45) is 0. The Morgan fingerprint density at radius 2 is 2.00 bits per heavy atom. The molecule has 0 spiro atoms. The van der Waals surface area contributed by atoms with Crippen molar-refractivity contribution >= 4 is 22.5 Å². The van der Waals surface area contributed by atoms with Crippen LogP contribution in [0.5, 0.6) is 5.75 Å². The van der Waals surface area contributed by atoms with Crippen LogP contribution in [0, 0.1) is 0 Å². The molecule has 0 radical (unpaired) electrons. The smallest absolute Gasteiger partial charge is 0.215 e. The van der Waals surface area contributed by atoms with E-state index in [1.807, 2.05) is 54.4 Å². The molecular formula is C16H17N3O2. The normalized spacial score (nSPS) is 10.8. The van der Waals surface area contributed by atoms with E-state index in [9.17, 15) is 0 Å². The van der Waals surface area contributed by atoms with Gasteiger partial charge in [-0.25, -0.2) is 4.98 Å². The summed E-state index contributed by atoms with van der Waals surface area (Å²) < 4.78 is 11.1. The topological polar surface area (TPSA) is 64.5 Å². The maximum atomic E-state index is 5.90. The van der Waals surface area contributed by atoms with Gasteiger partial charge in [0.05, 0.1) is 25.0 Å². The minimum absolute atomic E-state index is 0.536. The van der Waals surface area contributed by atoms with Gasteiger partial charge in [-0.05, 0) is 24.3 Å². The highest BCUT2D eigenvalue weighted by molar-refractivity contribution is 5.85. The van der Waals surface area contributed by atoms with Crippen molar-refractivity contribution in [3.8, 4) is 5.75 Å². The highest BCUT2D eigenvalue weighted by Crippen LogP contribution is 2.28. The Labute approximate surface area is 122 Å². The number of nitrogens with two attached hydrogens (primary N) is 1. The van der Waals surface area contributed by atoms with E-state index in [2.05, 4.69) is 4.98 Å². The van der Waals surface area contributed by atoms with Gasteiger partial charge < -0.3 is 19.8 Å².